The van der Waals surface area contributed by atoms with Crippen LogP contribution in [0.2, 0.25) is 0 Å². The zero-order valence-corrected chi connectivity index (χ0v) is 11.4. The third-order valence-corrected chi connectivity index (χ3v) is 3.99. The van der Waals surface area contributed by atoms with Crippen LogP contribution >= 0.6 is 0 Å². The lowest BCUT2D eigenvalue weighted by molar-refractivity contribution is 0.0194. The van der Waals surface area contributed by atoms with Crippen LogP contribution in [0.1, 0.15) is 56.9 Å². The molecule has 100 valence electrons. The van der Waals surface area contributed by atoms with E-state index >= 15 is 0 Å². The Morgan fingerprint density at radius 3 is 2.44 bits per heavy atom. The van der Waals surface area contributed by atoms with Crippen molar-refractivity contribution in [1.29, 1.82) is 0 Å². The van der Waals surface area contributed by atoms with Crippen LogP contribution in [-0.2, 0) is 4.74 Å². The number of nitrogen functional groups attached to an aromatic ring is 1. The summed E-state index contributed by atoms with van der Waals surface area (Å²) in [5.74, 6) is 0.507. The molecule has 2 nitrogen and oxygen atoms in total. The van der Waals surface area contributed by atoms with Gasteiger partial charge in [-0.25, -0.2) is 0 Å². The van der Waals surface area contributed by atoms with E-state index in [1.54, 1.807) is 0 Å². The van der Waals surface area contributed by atoms with Gasteiger partial charge in [-0.05, 0) is 37.0 Å². The number of ether oxygens (including phenoxy) is 1. The van der Waals surface area contributed by atoms with Crippen LogP contribution in [0.4, 0.5) is 5.69 Å². The second kappa shape index (κ2) is 6.79. The summed E-state index contributed by atoms with van der Waals surface area (Å²) in [6, 6.07) is 8.23. The highest BCUT2D eigenvalue weighted by atomic mass is 16.5. The van der Waals surface area contributed by atoms with Crippen LogP contribution in [-0.4, -0.2) is 12.7 Å². The average Bonchev–Trinajstić information content (AvgIpc) is 2.42. The molecule has 0 amide bonds. The Balaban J connectivity index is 1.86. The molecule has 0 spiro atoms. The van der Waals surface area contributed by atoms with Gasteiger partial charge in [0.1, 0.15) is 0 Å². The first-order chi connectivity index (χ1) is 8.79. The molecule has 18 heavy (non-hydrogen) atoms. The van der Waals surface area contributed by atoms with Gasteiger partial charge >= 0.3 is 0 Å². The van der Waals surface area contributed by atoms with Crippen molar-refractivity contribution in [3.05, 3.63) is 29.8 Å². The lowest BCUT2D eigenvalue weighted by atomic mass is 9.95. The highest BCUT2D eigenvalue weighted by molar-refractivity contribution is 5.40. The predicted octanol–water partition coefficient (Wildman–Crippen LogP) is 4.11. The van der Waals surface area contributed by atoms with Gasteiger partial charge < -0.3 is 10.5 Å². The van der Waals surface area contributed by atoms with Crippen LogP contribution in [0.15, 0.2) is 24.3 Å². The van der Waals surface area contributed by atoms with Crippen LogP contribution in [0.25, 0.3) is 0 Å². The molecular formula is C16H25NO. The third-order valence-electron chi connectivity index (χ3n) is 3.99. The van der Waals surface area contributed by atoms with Crippen LogP contribution in [0.5, 0.6) is 0 Å². The quantitative estimate of drug-likeness (QED) is 0.795. The molecule has 0 aromatic heterocycles. The highest BCUT2D eigenvalue weighted by Crippen LogP contribution is 2.25. The number of benzene rings is 1. The first-order valence-corrected chi connectivity index (χ1v) is 7.26. The van der Waals surface area contributed by atoms with E-state index in [1.165, 1.54) is 37.7 Å². The van der Waals surface area contributed by atoms with Gasteiger partial charge in [0.15, 0.2) is 0 Å². The fourth-order valence-corrected chi connectivity index (χ4v) is 2.70. The molecule has 1 unspecified atom stereocenters. The standard InChI is InChI=1S/C16H25NO/c1-2-13(14-8-10-15(17)11-9-14)12-18-16-6-4-3-5-7-16/h8-11,13,16H,2-7,12,17H2,1H3. The molecule has 1 fully saturated rings. The van der Waals surface area contributed by atoms with E-state index in [2.05, 4.69) is 19.1 Å². The van der Waals surface area contributed by atoms with Crippen molar-refractivity contribution < 1.29 is 4.74 Å². The topological polar surface area (TPSA) is 35.2 Å². The fraction of sp³-hybridized carbons (Fsp3) is 0.625. The Hall–Kier alpha value is -1.02. The summed E-state index contributed by atoms with van der Waals surface area (Å²) in [5.41, 5.74) is 7.91. The molecule has 1 aliphatic carbocycles. The van der Waals surface area contributed by atoms with E-state index in [0.717, 1.165) is 18.7 Å². The summed E-state index contributed by atoms with van der Waals surface area (Å²) >= 11 is 0. The summed E-state index contributed by atoms with van der Waals surface area (Å²) in [6.07, 6.45) is 8.18. The molecule has 2 heteroatoms. The van der Waals surface area contributed by atoms with Gasteiger partial charge in [0, 0.05) is 11.6 Å². The number of hydrogen-bond donors (Lipinski definition) is 1. The highest BCUT2D eigenvalue weighted by Gasteiger charge is 2.16. The van der Waals surface area contributed by atoms with Crippen molar-refractivity contribution in [3.63, 3.8) is 0 Å². The van der Waals surface area contributed by atoms with Crippen LogP contribution < -0.4 is 5.73 Å². The third kappa shape index (κ3) is 3.74. The predicted molar refractivity (Wildman–Crippen MR) is 76.7 cm³/mol. The Morgan fingerprint density at radius 1 is 1.17 bits per heavy atom. The van der Waals surface area contributed by atoms with E-state index in [0.29, 0.717) is 12.0 Å². The van der Waals surface area contributed by atoms with Gasteiger partial charge in [-0.2, -0.15) is 0 Å². The van der Waals surface area contributed by atoms with Crippen molar-refractivity contribution in [2.24, 2.45) is 0 Å². The van der Waals surface area contributed by atoms with Gasteiger partial charge in [0.2, 0.25) is 0 Å². The molecule has 0 radical (unpaired) electrons. The van der Waals surface area contributed by atoms with E-state index in [-0.39, 0.29) is 0 Å². The number of rotatable bonds is 5. The molecule has 2 rings (SSSR count). The summed E-state index contributed by atoms with van der Waals surface area (Å²) in [5, 5.41) is 0. The average molecular weight is 247 g/mol. The largest absolute Gasteiger partial charge is 0.399 e. The smallest absolute Gasteiger partial charge is 0.0575 e. The van der Waals surface area contributed by atoms with E-state index in [1.807, 2.05) is 12.1 Å². The lowest BCUT2D eigenvalue weighted by Crippen LogP contribution is -2.20. The molecule has 0 saturated heterocycles. The second-order valence-corrected chi connectivity index (χ2v) is 5.37. The first kappa shape index (κ1) is 13.4. The van der Waals surface area contributed by atoms with Gasteiger partial charge in [-0.15, -0.1) is 0 Å². The zero-order valence-electron chi connectivity index (χ0n) is 11.4. The summed E-state index contributed by atoms with van der Waals surface area (Å²) in [7, 11) is 0. The zero-order chi connectivity index (χ0) is 12.8. The minimum Gasteiger partial charge on any atom is -0.399 e. The summed E-state index contributed by atoms with van der Waals surface area (Å²) < 4.78 is 6.09. The minimum atomic E-state index is 0.501. The maximum atomic E-state index is 6.09. The number of hydrogen-bond acceptors (Lipinski definition) is 2. The second-order valence-electron chi connectivity index (χ2n) is 5.37. The number of anilines is 1. The molecule has 1 aromatic rings. The van der Waals surface area contributed by atoms with Crippen molar-refractivity contribution in [2.75, 3.05) is 12.3 Å². The van der Waals surface area contributed by atoms with Crippen molar-refractivity contribution in [1.82, 2.24) is 0 Å². The minimum absolute atomic E-state index is 0.501. The monoisotopic (exact) mass is 247 g/mol. The van der Waals surface area contributed by atoms with Crippen molar-refractivity contribution in [2.45, 2.75) is 57.5 Å². The Kier molecular flexibility index (Phi) is 5.06. The van der Waals surface area contributed by atoms with Gasteiger partial charge in [0.05, 0.1) is 12.7 Å². The van der Waals surface area contributed by atoms with E-state index in [9.17, 15) is 0 Å². The van der Waals surface area contributed by atoms with Crippen molar-refractivity contribution in [3.8, 4) is 0 Å². The van der Waals surface area contributed by atoms with E-state index < -0.39 is 0 Å². The number of nitrogens with two attached hydrogens (primary N) is 1. The van der Waals surface area contributed by atoms with Gasteiger partial charge in [-0.1, -0.05) is 38.3 Å². The Bertz CT molecular complexity index is 341. The van der Waals surface area contributed by atoms with Crippen molar-refractivity contribution >= 4 is 5.69 Å². The lowest BCUT2D eigenvalue weighted by Gasteiger charge is -2.25. The summed E-state index contributed by atoms with van der Waals surface area (Å²) in [6.45, 7) is 3.08. The Morgan fingerprint density at radius 2 is 1.83 bits per heavy atom. The molecule has 0 heterocycles. The van der Waals surface area contributed by atoms with Gasteiger partial charge in [-0.3, -0.25) is 0 Å². The molecule has 1 atom stereocenters. The SMILES string of the molecule is CCC(COC1CCCCC1)c1ccc(N)cc1. The normalized spacial score (nSPS) is 18.7. The Labute approximate surface area is 111 Å². The maximum Gasteiger partial charge on any atom is 0.0575 e. The van der Waals surface area contributed by atoms with E-state index in [4.69, 9.17) is 10.5 Å². The molecule has 2 N–H and O–H groups in total. The summed E-state index contributed by atoms with van der Waals surface area (Å²) in [4.78, 5) is 0. The van der Waals surface area contributed by atoms with Crippen LogP contribution in [0.3, 0.4) is 0 Å². The molecular weight excluding hydrogens is 222 g/mol. The maximum absolute atomic E-state index is 6.09. The van der Waals surface area contributed by atoms with Crippen LogP contribution in [0, 0.1) is 0 Å². The fourth-order valence-electron chi connectivity index (χ4n) is 2.70. The molecule has 1 aromatic carbocycles. The molecule has 0 aliphatic heterocycles. The molecule has 1 aliphatic rings. The molecule has 1 saturated carbocycles. The first-order valence-electron chi connectivity index (χ1n) is 7.26. The molecule has 0 bridgehead atoms. The van der Waals surface area contributed by atoms with Gasteiger partial charge in [0.25, 0.3) is 0 Å².